The third-order valence-corrected chi connectivity index (χ3v) is 3.42. The fraction of sp³-hybridized carbons (Fsp3) is 0.188. The largest absolute Gasteiger partial charge is 0.493 e. The van der Waals surface area contributed by atoms with E-state index in [1.54, 1.807) is 24.3 Å². The molecule has 0 spiro atoms. The SMILES string of the molecule is CS(=O)(=O)Nc1ccc(NC(=O)CCOc2ccccc2)cc1. The molecule has 0 unspecified atom stereocenters. The first kappa shape index (κ1) is 16.8. The van der Waals surface area contributed by atoms with Crippen molar-refractivity contribution in [1.29, 1.82) is 0 Å². The van der Waals surface area contributed by atoms with Crippen molar-refractivity contribution in [1.82, 2.24) is 0 Å². The average Bonchev–Trinajstić information content (AvgIpc) is 2.49. The van der Waals surface area contributed by atoms with E-state index in [2.05, 4.69) is 10.0 Å². The van der Waals surface area contributed by atoms with Crippen LogP contribution in [0.15, 0.2) is 54.6 Å². The Balaban J connectivity index is 1.79. The first-order valence-corrected chi connectivity index (χ1v) is 8.87. The maximum atomic E-state index is 11.8. The summed E-state index contributed by atoms with van der Waals surface area (Å²) in [6.45, 7) is 0.281. The van der Waals surface area contributed by atoms with E-state index in [0.29, 0.717) is 11.4 Å². The van der Waals surface area contributed by atoms with Gasteiger partial charge in [-0.25, -0.2) is 8.42 Å². The second kappa shape index (κ2) is 7.64. The molecule has 122 valence electrons. The maximum absolute atomic E-state index is 11.8. The lowest BCUT2D eigenvalue weighted by atomic mass is 10.3. The van der Waals surface area contributed by atoms with Crippen LogP contribution in [0.4, 0.5) is 11.4 Å². The van der Waals surface area contributed by atoms with Crippen molar-refractivity contribution in [3.05, 3.63) is 54.6 Å². The molecule has 2 N–H and O–H groups in total. The summed E-state index contributed by atoms with van der Waals surface area (Å²) in [4.78, 5) is 11.8. The van der Waals surface area contributed by atoms with Gasteiger partial charge < -0.3 is 10.1 Å². The van der Waals surface area contributed by atoms with Crippen LogP contribution in [-0.2, 0) is 14.8 Å². The second-order valence-electron chi connectivity index (χ2n) is 4.91. The molecular weight excluding hydrogens is 316 g/mol. The van der Waals surface area contributed by atoms with Crippen molar-refractivity contribution in [3.63, 3.8) is 0 Å². The van der Waals surface area contributed by atoms with Gasteiger partial charge in [-0.2, -0.15) is 0 Å². The number of anilines is 2. The van der Waals surface area contributed by atoms with Crippen molar-refractivity contribution in [3.8, 4) is 5.75 Å². The number of amides is 1. The number of carbonyl (C=O) groups is 1. The quantitative estimate of drug-likeness (QED) is 0.814. The number of benzene rings is 2. The summed E-state index contributed by atoms with van der Waals surface area (Å²) < 4.78 is 30.0. The molecule has 2 rings (SSSR count). The van der Waals surface area contributed by atoms with Gasteiger partial charge in [0.2, 0.25) is 15.9 Å². The van der Waals surface area contributed by atoms with E-state index in [1.807, 2.05) is 30.3 Å². The zero-order valence-corrected chi connectivity index (χ0v) is 13.5. The Morgan fingerprint density at radius 1 is 1.00 bits per heavy atom. The van der Waals surface area contributed by atoms with Crippen molar-refractivity contribution < 1.29 is 17.9 Å². The molecule has 0 aliphatic rings. The minimum atomic E-state index is -3.31. The highest BCUT2D eigenvalue weighted by Crippen LogP contribution is 2.15. The molecule has 7 heteroatoms. The fourth-order valence-electron chi connectivity index (χ4n) is 1.84. The van der Waals surface area contributed by atoms with Gasteiger partial charge in [-0.05, 0) is 36.4 Å². The van der Waals surface area contributed by atoms with Gasteiger partial charge in [0.15, 0.2) is 0 Å². The van der Waals surface area contributed by atoms with Gasteiger partial charge in [-0.3, -0.25) is 9.52 Å². The molecular formula is C16H18N2O4S. The number of hydrogen-bond donors (Lipinski definition) is 2. The van der Waals surface area contributed by atoms with Crippen LogP contribution in [0.25, 0.3) is 0 Å². The smallest absolute Gasteiger partial charge is 0.229 e. The zero-order chi connectivity index (χ0) is 16.7. The average molecular weight is 334 g/mol. The highest BCUT2D eigenvalue weighted by molar-refractivity contribution is 7.92. The summed E-state index contributed by atoms with van der Waals surface area (Å²) in [7, 11) is -3.31. The van der Waals surface area contributed by atoms with Gasteiger partial charge in [0.1, 0.15) is 5.75 Å². The normalized spacial score (nSPS) is 10.8. The lowest BCUT2D eigenvalue weighted by Crippen LogP contribution is -2.15. The molecule has 0 saturated heterocycles. The lowest BCUT2D eigenvalue weighted by molar-refractivity contribution is -0.116. The molecule has 0 aliphatic heterocycles. The molecule has 0 saturated carbocycles. The predicted molar refractivity (Wildman–Crippen MR) is 90.1 cm³/mol. The second-order valence-corrected chi connectivity index (χ2v) is 6.66. The van der Waals surface area contributed by atoms with Crippen LogP contribution in [0, 0.1) is 0 Å². The number of rotatable bonds is 7. The number of sulfonamides is 1. The summed E-state index contributed by atoms with van der Waals surface area (Å²) in [5, 5.41) is 2.72. The van der Waals surface area contributed by atoms with Crippen LogP contribution in [0.3, 0.4) is 0 Å². The van der Waals surface area contributed by atoms with Gasteiger partial charge >= 0.3 is 0 Å². The molecule has 0 radical (unpaired) electrons. The topological polar surface area (TPSA) is 84.5 Å². The van der Waals surface area contributed by atoms with E-state index < -0.39 is 10.0 Å². The molecule has 0 bridgehead atoms. The Kier molecular flexibility index (Phi) is 5.59. The van der Waals surface area contributed by atoms with Crippen LogP contribution in [-0.4, -0.2) is 27.2 Å². The highest BCUT2D eigenvalue weighted by atomic mass is 32.2. The number of hydrogen-bond acceptors (Lipinski definition) is 4. The van der Waals surface area contributed by atoms with E-state index in [0.717, 1.165) is 12.0 Å². The molecule has 1 amide bonds. The summed E-state index contributed by atoms with van der Waals surface area (Å²) in [6.07, 6.45) is 1.30. The number of ether oxygens (including phenoxy) is 1. The van der Waals surface area contributed by atoms with Gasteiger partial charge in [0, 0.05) is 11.4 Å². The van der Waals surface area contributed by atoms with Crippen molar-refractivity contribution >= 4 is 27.3 Å². The van der Waals surface area contributed by atoms with Crippen LogP contribution >= 0.6 is 0 Å². The fourth-order valence-corrected chi connectivity index (χ4v) is 2.40. The molecule has 2 aromatic rings. The Bertz CT molecular complexity index is 743. The molecule has 0 atom stereocenters. The molecule has 23 heavy (non-hydrogen) atoms. The third kappa shape index (κ3) is 6.39. The zero-order valence-electron chi connectivity index (χ0n) is 12.7. The Morgan fingerprint density at radius 3 is 2.22 bits per heavy atom. The van der Waals surface area contributed by atoms with Gasteiger partial charge in [0.05, 0.1) is 19.3 Å². The Hall–Kier alpha value is -2.54. The third-order valence-electron chi connectivity index (χ3n) is 2.81. The predicted octanol–water partition coefficient (Wildman–Crippen LogP) is 2.47. The molecule has 0 fully saturated rings. The molecule has 0 aromatic heterocycles. The van der Waals surface area contributed by atoms with Gasteiger partial charge in [-0.1, -0.05) is 18.2 Å². The van der Waals surface area contributed by atoms with Crippen molar-refractivity contribution in [2.75, 3.05) is 22.9 Å². The summed E-state index contributed by atoms with van der Waals surface area (Å²) in [5.74, 6) is 0.543. The van der Waals surface area contributed by atoms with E-state index in [9.17, 15) is 13.2 Å². The first-order chi connectivity index (χ1) is 10.9. The van der Waals surface area contributed by atoms with E-state index in [-0.39, 0.29) is 18.9 Å². The van der Waals surface area contributed by atoms with E-state index in [4.69, 9.17) is 4.74 Å². The highest BCUT2D eigenvalue weighted by Gasteiger charge is 2.05. The summed E-state index contributed by atoms with van der Waals surface area (Å²) >= 11 is 0. The molecule has 0 aliphatic carbocycles. The van der Waals surface area contributed by atoms with Crippen molar-refractivity contribution in [2.24, 2.45) is 0 Å². The molecule has 0 heterocycles. The van der Waals surface area contributed by atoms with Crippen LogP contribution in [0.2, 0.25) is 0 Å². The van der Waals surface area contributed by atoms with Crippen molar-refractivity contribution in [2.45, 2.75) is 6.42 Å². The monoisotopic (exact) mass is 334 g/mol. The lowest BCUT2D eigenvalue weighted by Gasteiger charge is -2.08. The van der Waals surface area contributed by atoms with Crippen LogP contribution in [0.5, 0.6) is 5.75 Å². The summed E-state index contributed by atoms with van der Waals surface area (Å²) in [5.41, 5.74) is 1.03. The van der Waals surface area contributed by atoms with E-state index >= 15 is 0 Å². The summed E-state index contributed by atoms with van der Waals surface area (Å²) in [6, 6.07) is 15.7. The van der Waals surface area contributed by atoms with Crippen LogP contribution in [0.1, 0.15) is 6.42 Å². The van der Waals surface area contributed by atoms with Gasteiger partial charge in [0.25, 0.3) is 0 Å². The molecule has 2 aromatic carbocycles. The Labute approximate surface area is 135 Å². The molecule has 6 nitrogen and oxygen atoms in total. The number of nitrogens with one attached hydrogen (secondary N) is 2. The minimum absolute atomic E-state index is 0.176. The first-order valence-electron chi connectivity index (χ1n) is 6.98. The van der Waals surface area contributed by atoms with Gasteiger partial charge in [-0.15, -0.1) is 0 Å². The standard InChI is InChI=1S/C16H18N2O4S/c1-23(20,21)18-14-9-7-13(8-10-14)17-16(19)11-12-22-15-5-3-2-4-6-15/h2-10,18H,11-12H2,1H3,(H,17,19). The number of para-hydroxylation sites is 1. The van der Waals surface area contributed by atoms with Crippen LogP contribution < -0.4 is 14.8 Å². The van der Waals surface area contributed by atoms with E-state index in [1.165, 1.54) is 0 Å². The number of carbonyl (C=O) groups excluding carboxylic acids is 1. The maximum Gasteiger partial charge on any atom is 0.229 e. The Morgan fingerprint density at radius 2 is 1.61 bits per heavy atom. The minimum Gasteiger partial charge on any atom is -0.493 e.